The van der Waals surface area contributed by atoms with Crippen molar-refractivity contribution in [3.63, 3.8) is 0 Å². The first-order valence-electron chi connectivity index (χ1n) is 30.8. The number of unbranched alkanes of at least 4 members (excludes halogenated alkanes) is 35. The predicted octanol–water partition coefficient (Wildman–Crippen LogP) is 20.8. The van der Waals surface area contributed by atoms with E-state index in [2.05, 4.69) is 81.5 Å². The Balaban J connectivity index is 4.27. The van der Waals surface area contributed by atoms with E-state index < -0.39 is 6.10 Å². The third kappa shape index (κ3) is 57.9. The Morgan fingerprint density at radius 3 is 0.831 bits per heavy atom. The largest absolute Gasteiger partial charge is 0.462 e. The van der Waals surface area contributed by atoms with Crippen LogP contribution in [0.15, 0.2) is 60.8 Å². The molecule has 0 aliphatic rings. The Morgan fingerprint density at radius 2 is 0.521 bits per heavy atom. The highest BCUT2D eigenvalue weighted by Crippen LogP contribution is 2.16. The van der Waals surface area contributed by atoms with Gasteiger partial charge in [0.05, 0.1) is 0 Å². The normalized spacial score (nSPS) is 12.4. The van der Waals surface area contributed by atoms with Crippen LogP contribution in [0.3, 0.4) is 0 Å². The monoisotopic (exact) mass is 993 g/mol. The van der Waals surface area contributed by atoms with Crippen molar-refractivity contribution in [1.82, 2.24) is 0 Å². The summed E-state index contributed by atoms with van der Waals surface area (Å²) in [6, 6.07) is 0. The van der Waals surface area contributed by atoms with Crippen LogP contribution in [0, 0.1) is 0 Å². The number of hydrogen-bond acceptors (Lipinski definition) is 6. The molecule has 0 fully saturated rings. The summed E-state index contributed by atoms with van der Waals surface area (Å²) < 4.78 is 16.9. The van der Waals surface area contributed by atoms with Gasteiger partial charge in [-0.1, -0.05) is 261 Å². The quantitative estimate of drug-likeness (QED) is 0.0261. The fraction of sp³-hybridized carbons (Fsp3) is 0.800. The predicted molar refractivity (Wildman–Crippen MR) is 307 cm³/mol. The van der Waals surface area contributed by atoms with E-state index in [0.717, 1.165) is 103 Å². The SMILES string of the molecule is CCCC/C=C\C/C=C\CCCCCCCC(=O)OCC(COC(=O)CCCCCCCCCCCCCCC/C=C\CCCCCCCCCC)OC(=O)CCCCCCC/C=C\C/C=C\CCCC. The lowest BCUT2D eigenvalue weighted by Gasteiger charge is -2.18. The van der Waals surface area contributed by atoms with E-state index in [0.29, 0.717) is 19.3 Å². The topological polar surface area (TPSA) is 78.9 Å². The van der Waals surface area contributed by atoms with Crippen molar-refractivity contribution in [2.75, 3.05) is 13.2 Å². The molecule has 0 aromatic rings. The number of carbonyl (C=O) groups is 3. The summed E-state index contributed by atoms with van der Waals surface area (Å²) in [6.45, 7) is 6.57. The summed E-state index contributed by atoms with van der Waals surface area (Å²) in [5.74, 6) is -0.900. The number of esters is 3. The van der Waals surface area contributed by atoms with E-state index in [1.54, 1.807) is 0 Å². The van der Waals surface area contributed by atoms with Gasteiger partial charge in [0.25, 0.3) is 0 Å². The molecule has 71 heavy (non-hydrogen) atoms. The molecule has 0 aromatic carbocycles. The van der Waals surface area contributed by atoms with Gasteiger partial charge in [0.1, 0.15) is 13.2 Å². The summed E-state index contributed by atoms with van der Waals surface area (Å²) in [5, 5.41) is 0. The van der Waals surface area contributed by atoms with Crippen LogP contribution in [-0.4, -0.2) is 37.2 Å². The van der Waals surface area contributed by atoms with Crippen LogP contribution in [0.25, 0.3) is 0 Å². The van der Waals surface area contributed by atoms with Crippen molar-refractivity contribution in [3.05, 3.63) is 60.8 Å². The molecule has 0 bridgehead atoms. The van der Waals surface area contributed by atoms with Gasteiger partial charge in [-0.25, -0.2) is 0 Å². The van der Waals surface area contributed by atoms with Gasteiger partial charge in [-0.15, -0.1) is 0 Å². The fourth-order valence-electron chi connectivity index (χ4n) is 8.77. The molecule has 0 aliphatic heterocycles. The van der Waals surface area contributed by atoms with Gasteiger partial charge in [-0.2, -0.15) is 0 Å². The third-order valence-corrected chi connectivity index (χ3v) is 13.5. The van der Waals surface area contributed by atoms with Crippen molar-refractivity contribution in [1.29, 1.82) is 0 Å². The number of allylic oxidation sites excluding steroid dienone is 10. The summed E-state index contributed by atoms with van der Waals surface area (Å²) in [4.78, 5) is 38.2. The van der Waals surface area contributed by atoms with E-state index in [1.165, 1.54) is 173 Å². The minimum atomic E-state index is -0.787. The number of rotatable bonds is 56. The first-order chi connectivity index (χ1) is 35.0. The van der Waals surface area contributed by atoms with Gasteiger partial charge in [-0.05, 0) is 96.3 Å². The lowest BCUT2D eigenvalue weighted by Crippen LogP contribution is -2.30. The Hall–Kier alpha value is -2.89. The van der Waals surface area contributed by atoms with Crippen LogP contribution in [0.5, 0.6) is 0 Å². The second-order valence-electron chi connectivity index (χ2n) is 20.6. The maximum Gasteiger partial charge on any atom is 0.306 e. The molecule has 0 amide bonds. The Kier molecular flexibility index (Phi) is 57.2. The van der Waals surface area contributed by atoms with E-state index in [4.69, 9.17) is 14.2 Å². The second kappa shape index (κ2) is 59.7. The highest BCUT2D eigenvalue weighted by molar-refractivity contribution is 5.71. The summed E-state index contributed by atoms with van der Waals surface area (Å²) in [5.41, 5.74) is 0. The highest BCUT2D eigenvalue weighted by Gasteiger charge is 2.19. The standard InChI is InChI=1S/C65H116O6/c1-4-7-10-13-16-19-22-25-28-29-30-31-32-33-34-35-36-37-38-41-43-46-49-52-55-58-64(67)70-61-62(71-65(68)59-56-53-50-47-44-40-27-24-21-18-15-12-9-6-3)60-69-63(66)57-54-51-48-45-42-39-26-23-20-17-14-11-8-5-2/h14-15,17-18,23-24,26-27,29-30,62H,4-13,16,19-22,25,28,31-61H2,1-3H3/b17-14-,18-15-,26-23-,27-24-,30-29-. The van der Waals surface area contributed by atoms with Crippen LogP contribution < -0.4 is 0 Å². The van der Waals surface area contributed by atoms with Gasteiger partial charge in [0.15, 0.2) is 6.10 Å². The van der Waals surface area contributed by atoms with Crippen LogP contribution in [0.4, 0.5) is 0 Å². The minimum Gasteiger partial charge on any atom is -0.462 e. The number of hydrogen-bond donors (Lipinski definition) is 0. The van der Waals surface area contributed by atoms with Gasteiger partial charge in [0, 0.05) is 19.3 Å². The second-order valence-corrected chi connectivity index (χ2v) is 20.6. The molecule has 0 N–H and O–H groups in total. The minimum absolute atomic E-state index is 0.0831. The Morgan fingerprint density at radius 1 is 0.282 bits per heavy atom. The first kappa shape index (κ1) is 68.1. The Bertz CT molecular complexity index is 1280. The third-order valence-electron chi connectivity index (χ3n) is 13.5. The lowest BCUT2D eigenvalue weighted by atomic mass is 10.0. The number of carbonyl (C=O) groups excluding carboxylic acids is 3. The fourth-order valence-corrected chi connectivity index (χ4v) is 8.77. The zero-order valence-corrected chi connectivity index (χ0v) is 47.2. The van der Waals surface area contributed by atoms with Crippen molar-refractivity contribution in [2.45, 2.75) is 322 Å². The van der Waals surface area contributed by atoms with Gasteiger partial charge >= 0.3 is 17.9 Å². The molecule has 1 unspecified atom stereocenters. The van der Waals surface area contributed by atoms with Crippen LogP contribution >= 0.6 is 0 Å². The molecule has 0 spiro atoms. The number of ether oxygens (including phenoxy) is 3. The highest BCUT2D eigenvalue weighted by atomic mass is 16.6. The molecule has 0 radical (unpaired) electrons. The van der Waals surface area contributed by atoms with Gasteiger partial charge < -0.3 is 14.2 Å². The first-order valence-corrected chi connectivity index (χ1v) is 30.8. The average molecular weight is 994 g/mol. The molecule has 0 saturated heterocycles. The molecular weight excluding hydrogens is 877 g/mol. The summed E-state index contributed by atoms with van der Waals surface area (Å²) in [7, 11) is 0. The molecule has 0 aromatic heterocycles. The van der Waals surface area contributed by atoms with Crippen molar-refractivity contribution in [2.24, 2.45) is 0 Å². The van der Waals surface area contributed by atoms with Crippen molar-refractivity contribution < 1.29 is 28.6 Å². The molecule has 6 nitrogen and oxygen atoms in total. The zero-order valence-electron chi connectivity index (χ0n) is 47.2. The maximum absolute atomic E-state index is 12.8. The van der Waals surface area contributed by atoms with Crippen LogP contribution in [0.2, 0.25) is 0 Å². The van der Waals surface area contributed by atoms with Crippen LogP contribution in [-0.2, 0) is 28.6 Å². The van der Waals surface area contributed by atoms with Crippen LogP contribution in [0.1, 0.15) is 316 Å². The smallest absolute Gasteiger partial charge is 0.306 e. The van der Waals surface area contributed by atoms with E-state index in [9.17, 15) is 14.4 Å². The molecular formula is C65H116O6. The van der Waals surface area contributed by atoms with E-state index in [-0.39, 0.29) is 31.1 Å². The molecule has 0 rings (SSSR count). The van der Waals surface area contributed by atoms with Crippen molar-refractivity contribution in [3.8, 4) is 0 Å². The molecule has 0 heterocycles. The Labute approximate surface area is 440 Å². The maximum atomic E-state index is 12.8. The summed E-state index contributed by atoms with van der Waals surface area (Å²) >= 11 is 0. The molecule has 0 aliphatic carbocycles. The zero-order chi connectivity index (χ0) is 51.4. The lowest BCUT2D eigenvalue weighted by molar-refractivity contribution is -0.167. The van der Waals surface area contributed by atoms with E-state index in [1.807, 2.05) is 0 Å². The molecule has 6 heteroatoms. The van der Waals surface area contributed by atoms with Gasteiger partial charge in [-0.3, -0.25) is 14.4 Å². The van der Waals surface area contributed by atoms with Gasteiger partial charge in [0.2, 0.25) is 0 Å². The van der Waals surface area contributed by atoms with E-state index >= 15 is 0 Å². The molecule has 412 valence electrons. The van der Waals surface area contributed by atoms with Crippen molar-refractivity contribution >= 4 is 17.9 Å². The average Bonchev–Trinajstić information content (AvgIpc) is 3.37. The molecule has 1 atom stereocenters. The summed E-state index contributed by atoms with van der Waals surface area (Å²) in [6.07, 6.45) is 75.1. The molecule has 0 saturated carbocycles.